The molecule has 2 atom stereocenters. The Hall–Kier alpha value is -2.38. The van der Waals surface area contributed by atoms with Gasteiger partial charge >= 0.3 is 0 Å². The molecule has 0 N–H and O–H groups in total. The van der Waals surface area contributed by atoms with Crippen LogP contribution in [0.25, 0.3) is 26.2 Å². The normalized spacial score (nSPS) is 31.5. The van der Waals surface area contributed by atoms with Gasteiger partial charge in [-0.2, -0.15) is 0 Å². The molecule has 1 aromatic heterocycles. The number of rotatable bonds is 3. The highest BCUT2D eigenvalue weighted by Crippen LogP contribution is 2.66. The van der Waals surface area contributed by atoms with Gasteiger partial charge in [-0.3, -0.25) is 0 Å². The van der Waals surface area contributed by atoms with Gasteiger partial charge in [0.1, 0.15) is 0 Å². The molecule has 0 saturated heterocycles. The Kier molecular flexibility index (Phi) is 3.72. The summed E-state index contributed by atoms with van der Waals surface area (Å²) in [6.07, 6.45) is 10.3. The molecule has 4 aromatic rings. The zero-order valence-corrected chi connectivity index (χ0v) is 18.8. The summed E-state index contributed by atoms with van der Waals surface area (Å²) in [4.78, 5) is 0. The Morgan fingerprint density at radius 1 is 0.742 bits per heavy atom. The number of thiophene rings is 1. The number of benzene rings is 3. The van der Waals surface area contributed by atoms with Crippen molar-refractivity contribution in [3.05, 3.63) is 90.0 Å². The predicted molar refractivity (Wildman–Crippen MR) is 134 cm³/mol. The summed E-state index contributed by atoms with van der Waals surface area (Å²) in [5.41, 5.74) is 5.16. The van der Waals surface area contributed by atoms with Gasteiger partial charge in [-0.15, -0.1) is 11.3 Å². The smallest absolute Gasteiger partial charge is 0.0355 e. The molecule has 154 valence electrons. The van der Waals surface area contributed by atoms with E-state index in [0.29, 0.717) is 10.8 Å². The van der Waals surface area contributed by atoms with Crippen molar-refractivity contribution in [1.29, 1.82) is 0 Å². The molecule has 1 heterocycles. The van der Waals surface area contributed by atoms with Crippen LogP contribution in [-0.2, 0) is 10.8 Å². The van der Waals surface area contributed by atoms with Crippen LogP contribution in [-0.4, -0.2) is 0 Å². The minimum absolute atomic E-state index is 0.360. The van der Waals surface area contributed by atoms with Crippen molar-refractivity contribution in [2.75, 3.05) is 0 Å². The maximum Gasteiger partial charge on any atom is 0.0355 e. The fraction of sp³-hybridized carbons (Fsp3) is 0.333. The van der Waals surface area contributed by atoms with Gasteiger partial charge in [0.25, 0.3) is 0 Å². The average molecular weight is 421 g/mol. The minimum Gasteiger partial charge on any atom is -0.135 e. The van der Waals surface area contributed by atoms with Crippen LogP contribution in [0.3, 0.4) is 0 Å². The minimum atomic E-state index is 0.360. The lowest BCUT2D eigenvalue weighted by Crippen LogP contribution is -2.55. The molecular weight excluding hydrogens is 392 g/mol. The van der Waals surface area contributed by atoms with Crippen molar-refractivity contribution in [3.8, 4) is 0 Å². The quantitative estimate of drug-likeness (QED) is 0.312. The van der Waals surface area contributed by atoms with Crippen LogP contribution in [0, 0.1) is 11.8 Å². The average Bonchev–Trinajstić information content (AvgIpc) is 3.16. The second-order valence-electron chi connectivity index (χ2n) is 10.7. The van der Waals surface area contributed by atoms with Gasteiger partial charge in [0.05, 0.1) is 0 Å². The largest absolute Gasteiger partial charge is 0.135 e. The highest BCUT2D eigenvalue weighted by atomic mass is 32.1. The molecule has 2 unspecified atom stereocenters. The summed E-state index contributed by atoms with van der Waals surface area (Å²) in [5, 5.41) is 2.90. The Bertz CT molecular complexity index is 1310. The van der Waals surface area contributed by atoms with Crippen LogP contribution in [0.1, 0.15) is 55.2 Å². The van der Waals surface area contributed by atoms with E-state index >= 15 is 0 Å². The third-order valence-corrected chi connectivity index (χ3v) is 9.96. The monoisotopic (exact) mass is 420 g/mol. The standard InChI is InChI=1S/C30H28S/c1-2-20-7-9-23(10-8-20)29-15-21-13-22(16-29)18-30(17-21,19-29)24-11-12-28-26(14-24)25-5-3-4-6-27(25)31-28/h2-12,14,21-22H,1,13,15-19H2. The fourth-order valence-corrected chi connectivity index (χ4v) is 9.05. The Balaban J connectivity index is 1.36. The first-order valence-electron chi connectivity index (χ1n) is 11.8. The van der Waals surface area contributed by atoms with E-state index in [1.54, 1.807) is 11.1 Å². The summed E-state index contributed by atoms with van der Waals surface area (Å²) in [7, 11) is 0. The molecule has 8 rings (SSSR count). The van der Waals surface area contributed by atoms with E-state index in [-0.39, 0.29) is 0 Å². The SMILES string of the molecule is C=Cc1ccc(C23CC4CC(C2)CC(c2ccc5sc6ccccc6c5c2)(C4)C3)cc1. The van der Waals surface area contributed by atoms with Gasteiger partial charge in [0.15, 0.2) is 0 Å². The summed E-state index contributed by atoms with van der Waals surface area (Å²) in [6, 6.07) is 25.8. The maximum absolute atomic E-state index is 3.95. The molecule has 4 fully saturated rings. The topological polar surface area (TPSA) is 0 Å². The number of fused-ring (bicyclic) bond motifs is 3. The molecule has 0 nitrogen and oxygen atoms in total. The van der Waals surface area contributed by atoms with Crippen LogP contribution < -0.4 is 0 Å². The molecular formula is C30H28S. The third kappa shape index (κ3) is 2.59. The summed E-state index contributed by atoms with van der Waals surface area (Å²) in [6.45, 7) is 3.95. The second kappa shape index (κ2) is 6.33. The van der Waals surface area contributed by atoms with E-state index in [0.717, 1.165) is 11.8 Å². The molecule has 0 aliphatic heterocycles. The van der Waals surface area contributed by atoms with Gasteiger partial charge in [-0.05, 0) is 96.1 Å². The molecule has 1 heteroatoms. The zero-order chi connectivity index (χ0) is 20.6. The molecule has 0 amide bonds. The Morgan fingerprint density at radius 2 is 1.39 bits per heavy atom. The highest BCUT2D eigenvalue weighted by molar-refractivity contribution is 7.25. The van der Waals surface area contributed by atoms with E-state index in [9.17, 15) is 0 Å². The van der Waals surface area contributed by atoms with E-state index < -0.39 is 0 Å². The van der Waals surface area contributed by atoms with Crippen molar-refractivity contribution in [2.24, 2.45) is 11.8 Å². The first-order chi connectivity index (χ1) is 15.2. The van der Waals surface area contributed by atoms with Crippen molar-refractivity contribution < 1.29 is 0 Å². The first-order valence-corrected chi connectivity index (χ1v) is 12.6. The van der Waals surface area contributed by atoms with Crippen LogP contribution in [0.15, 0.2) is 73.3 Å². The molecule has 4 aliphatic rings. The van der Waals surface area contributed by atoms with Crippen LogP contribution in [0.4, 0.5) is 0 Å². The number of hydrogen-bond donors (Lipinski definition) is 0. The Morgan fingerprint density at radius 3 is 2.13 bits per heavy atom. The lowest BCUT2D eigenvalue weighted by atomic mass is 9.41. The van der Waals surface area contributed by atoms with Crippen molar-refractivity contribution >= 4 is 37.6 Å². The summed E-state index contributed by atoms with van der Waals surface area (Å²) < 4.78 is 2.85. The van der Waals surface area contributed by atoms with Crippen molar-refractivity contribution in [2.45, 2.75) is 49.4 Å². The first kappa shape index (κ1) is 18.2. The summed E-state index contributed by atoms with van der Waals surface area (Å²) >= 11 is 1.94. The van der Waals surface area contributed by atoms with Gasteiger partial charge < -0.3 is 0 Å². The van der Waals surface area contributed by atoms with Gasteiger partial charge in [-0.25, -0.2) is 0 Å². The van der Waals surface area contributed by atoms with Crippen LogP contribution in [0.5, 0.6) is 0 Å². The van der Waals surface area contributed by atoms with E-state index in [1.165, 1.54) is 64.3 Å². The molecule has 4 aliphatic carbocycles. The van der Waals surface area contributed by atoms with Gasteiger partial charge in [-0.1, -0.05) is 61.2 Å². The molecule has 0 spiro atoms. The number of hydrogen-bond acceptors (Lipinski definition) is 1. The van der Waals surface area contributed by atoms with Crippen LogP contribution >= 0.6 is 11.3 Å². The molecule has 31 heavy (non-hydrogen) atoms. The van der Waals surface area contributed by atoms with E-state index in [2.05, 4.69) is 73.3 Å². The third-order valence-electron chi connectivity index (χ3n) is 8.81. The predicted octanol–water partition coefficient (Wildman–Crippen LogP) is 8.49. The molecule has 4 saturated carbocycles. The summed E-state index contributed by atoms with van der Waals surface area (Å²) in [5.74, 6) is 1.77. The maximum atomic E-state index is 3.95. The van der Waals surface area contributed by atoms with E-state index in [4.69, 9.17) is 0 Å². The zero-order valence-electron chi connectivity index (χ0n) is 17.9. The molecule has 3 aromatic carbocycles. The fourth-order valence-electron chi connectivity index (χ4n) is 7.97. The lowest BCUT2D eigenvalue weighted by Gasteiger charge is -2.63. The van der Waals surface area contributed by atoms with E-state index in [1.807, 2.05) is 17.4 Å². The Labute approximate surface area is 188 Å². The van der Waals surface area contributed by atoms with Crippen molar-refractivity contribution in [3.63, 3.8) is 0 Å². The second-order valence-corrected chi connectivity index (χ2v) is 11.7. The van der Waals surface area contributed by atoms with Crippen molar-refractivity contribution in [1.82, 2.24) is 0 Å². The molecule has 4 bridgehead atoms. The highest BCUT2D eigenvalue weighted by Gasteiger charge is 2.58. The lowest BCUT2D eigenvalue weighted by molar-refractivity contribution is -0.0280. The van der Waals surface area contributed by atoms with Gasteiger partial charge in [0.2, 0.25) is 0 Å². The van der Waals surface area contributed by atoms with Crippen LogP contribution in [0.2, 0.25) is 0 Å². The molecule has 0 radical (unpaired) electrons. The van der Waals surface area contributed by atoms with Gasteiger partial charge in [0, 0.05) is 20.2 Å².